The van der Waals surface area contributed by atoms with Crippen LogP contribution in [0.3, 0.4) is 0 Å². The first-order valence-electron chi connectivity index (χ1n) is 7.01. The second-order valence-electron chi connectivity index (χ2n) is 4.88. The van der Waals surface area contributed by atoms with Gasteiger partial charge in [-0.3, -0.25) is 20.4 Å². The maximum Gasteiger partial charge on any atom is 0.269 e. The van der Waals surface area contributed by atoms with Crippen molar-refractivity contribution in [2.24, 2.45) is 0 Å². The van der Waals surface area contributed by atoms with Gasteiger partial charge >= 0.3 is 0 Å². The lowest BCUT2D eigenvalue weighted by atomic mass is 10.1. The number of carbonyl (C=O) groups excluding carboxylic acids is 2. The van der Waals surface area contributed by atoms with E-state index >= 15 is 0 Å². The van der Waals surface area contributed by atoms with Gasteiger partial charge in [0, 0.05) is 16.8 Å². The van der Waals surface area contributed by atoms with Crippen molar-refractivity contribution < 1.29 is 9.59 Å². The van der Waals surface area contributed by atoms with Gasteiger partial charge < -0.3 is 10.3 Å². The van der Waals surface area contributed by atoms with Gasteiger partial charge in [-0.25, -0.2) is 4.98 Å². The van der Waals surface area contributed by atoms with E-state index in [2.05, 4.69) is 38.4 Å². The van der Waals surface area contributed by atoms with Crippen LogP contribution in [0.5, 0.6) is 0 Å². The standard InChI is InChI=1S/C16H13N5O2S/c22-15(20-12-5-6-13-14(7-12)18-8-17-13)10-1-3-11(4-2-10)16(23)21-19-9-24/h1-9H,(H,17,18)(H,19,24)(H,20,22)(H,21,23). The summed E-state index contributed by atoms with van der Waals surface area (Å²) in [5.41, 5.74) is 9.19. The number of thiocarbonyl (C=S) groups is 1. The predicted molar refractivity (Wildman–Crippen MR) is 94.7 cm³/mol. The van der Waals surface area contributed by atoms with Gasteiger partial charge in [0.25, 0.3) is 11.8 Å². The maximum absolute atomic E-state index is 12.3. The number of hydrogen-bond donors (Lipinski definition) is 4. The van der Waals surface area contributed by atoms with Crippen molar-refractivity contribution >= 4 is 46.2 Å². The lowest BCUT2D eigenvalue weighted by molar-refractivity contribution is 0.0943. The van der Waals surface area contributed by atoms with E-state index in [0.717, 1.165) is 11.0 Å². The first-order valence-corrected chi connectivity index (χ1v) is 7.48. The Morgan fingerprint density at radius 1 is 1.04 bits per heavy atom. The Morgan fingerprint density at radius 3 is 2.46 bits per heavy atom. The summed E-state index contributed by atoms with van der Waals surface area (Å²) in [7, 11) is 0. The normalized spacial score (nSPS) is 10.2. The number of aromatic amines is 1. The Morgan fingerprint density at radius 2 is 1.75 bits per heavy atom. The second kappa shape index (κ2) is 6.88. The zero-order valence-corrected chi connectivity index (χ0v) is 13.2. The summed E-state index contributed by atoms with van der Waals surface area (Å²) in [4.78, 5) is 31.1. The molecule has 1 heterocycles. The average Bonchev–Trinajstić information content (AvgIpc) is 3.07. The lowest BCUT2D eigenvalue weighted by Crippen LogP contribution is -2.35. The fourth-order valence-electron chi connectivity index (χ4n) is 2.16. The van der Waals surface area contributed by atoms with Gasteiger partial charge in [0.1, 0.15) is 0 Å². The van der Waals surface area contributed by atoms with Crippen LogP contribution in [-0.2, 0) is 0 Å². The predicted octanol–water partition coefficient (Wildman–Crippen LogP) is 2.01. The molecule has 3 rings (SSSR count). The molecule has 0 aliphatic heterocycles. The number of carbonyl (C=O) groups is 2. The van der Waals surface area contributed by atoms with Gasteiger partial charge in [0.15, 0.2) is 0 Å². The molecular formula is C16H13N5O2S. The minimum atomic E-state index is -0.340. The number of imidazole rings is 1. The monoisotopic (exact) mass is 339 g/mol. The highest BCUT2D eigenvalue weighted by molar-refractivity contribution is 7.78. The first-order chi connectivity index (χ1) is 11.7. The third-order valence-corrected chi connectivity index (χ3v) is 3.45. The number of aromatic nitrogens is 2. The number of nitrogens with one attached hydrogen (secondary N) is 4. The van der Waals surface area contributed by atoms with Crippen LogP contribution in [0.25, 0.3) is 11.0 Å². The Bertz CT molecular complexity index is 904. The molecule has 4 N–H and O–H groups in total. The molecule has 2 amide bonds. The molecule has 0 spiro atoms. The number of hydrogen-bond acceptors (Lipinski definition) is 4. The molecule has 120 valence electrons. The minimum absolute atomic E-state index is 0.266. The average molecular weight is 339 g/mol. The van der Waals surface area contributed by atoms with Crippen LogP contribution in [0.1, 0.15) is 20.7 Å². The number of rotatable bonds is 5. The Hall–Kier alpha value is -3.26. The smallest absolute Gasteiger partial charge is 0.269 e. The van der Waals surface area contributed by atoms with Crippen LogP contribution in [0.4, 0.5) is 5.69 Å². The van der Waals surface area contributed by atoms with Crippen LogP contribution in [0, 0.1) is 0 Å². The molecule has 0 bridgehead atoms. The number of hydrazine groups is 1. The molecule has 8 heteroatoms. The molecule has 0 saturated carbocycles. The van der Waals surface area contributed by atoms with E-state index < -0.39 is 0 Å². The van der Waals surface area contributed by atoms with Crippen LogP contribution < -0.4 is 16.2 Å². The molecule has 0 fully saturated rings. The number of benzene rings is 2. The van der Waals surface area contributed by atoms with Gasteiger partial charge in [0.05, 0.1) is 22.9 Å². The third kappa shape index (κ3) is 3.39. The number of anilines is 1. The topological polar surface area (TPSA) is 98.9 Å². The largest absolute Gasteiger partial charge is 0.345 e. The fraction of sp³-hybridized carbons (Fsp3) is 0. The van der Waals surface area contributed by atoms with E-state index in [4.69, 9.17) is 0 Å². The van der Waals surface area contributed by atoms with Crippen LogP contribution >= 0.6 is 12.2 Å². The van der Waals surface area contributed by atoms with Gasteiger partial charge in [-0.15, -0.1) is 0 Å². The van der Waals surface area contributed by atoms with Gasteiger partial charge in [0.2, 0.25) is 0 Å². The van der Waals surface area contributed by atoms with Crippen LogP contribution in [0.2, 0.25) is 0 Å². The molecule has 24 heavy (non-hydrogen) atoms. The molecule has 0 saturated heterocycles. The molecular weight excluding hydrogens is 326 g/mol. The summed E-state index contributed by atoms with van der Waals surface area (Å²) in [5, 5.41) is 2.80. The van der Waals surface area contributed by atoms with Crippen molar-refractivity contribution in [2.75, 3.05) is 5.32 Å². The van der Waals surface area contributed by atoms with Crippen molar-refractivity contribution in [1.82, 2.24) is 20.8 Å². The molecule has 0 unspecified atom stereocenters. The van der Waals surface area contributed by atoms with Gasteiger partial charge in [-0.2, -0.15) is 0 Å². The highest BCUT2D eigenvalue weighted by atomic mass is 32.1. The third-order valence-electron chi connectivity index (χ3n) is 3.33. The minimum Gasteiger partial charge on any atom is -0.345 e. The van der Waals surface area contributed by atoms with Crippen molar-refractivity contribution in [1.29, 1.82) is 0 Å². The Balaban J connectivity index is 1.70. The molecule has 0 atom stereocenters. The molecule has 7 nitrogen and oxygen atoms in total. The summed E-state index contributed by atoms with van der Waals surface area (Å²) < 4.78 is 0. The number of H-pyrrole nitrogens is 1. The molecule has 0 radical (unpaired) electrons. The highest BCUT2D eigenvalue weighted by Crippen LogP contribution is 2.16. The first kappa shape index (κ1) is 15.6. The summed E-state index contributed by atoms with van der Waals surface area (Å²) in [6, 6.07) is 11.7. The van der Waals surface area contributed by atoms with E-state index in [1.807, 2.05) is 6.07 Å². The van der Waals surface area contributed by atoms with E-state index in [1.54, 1.807) is 42.7 Å². The van der Waals surface area contributed by atoms with E-state index in [-0.39, 0.29) is 11.8 Å². The molecule has 0 aliphatic carbocycles. The quantitative estimate of drug-likeness (QED) is 0.421. The summed E-state index contributed by atoms with van der Waals surface area (Å²) >= 11 is 4.55. The van der Waals surface area contributed by atoms with Gasteiger partial charge in [-0.1, -0.05) is 12.2 Å². The molecule has 2 aromatic carbocycles. The fourth-order valence-corrected chi connectivity index (χ4v) is 2.22. The van der Waals surface area contributed by atoms with Crippen molar-refractivity contribution in [3.8, 4) is 0 Å². The van der Waals surface area contributed by atoms with E-state index in [1.165, 1.54) is 5.49 Å². The zero-order chi connectivity index (χ0) is 16.9. The van der Waals surface area contributed by atoms with Crippen molar-refractivity contribution in [2.45, 2.75) is 0 Å². The molecule has 3 aromatic rings. The van der Waals surface area contributed by atoms with E-state index in [9.17, 15) is 9.59 Å². The lowest BCUT2D eigenvalue weighted by Gasteiger charge is -2.07. The Labute approximate surface area is 142 Å². The Kier molecular flexibility index (Phi) is 4.48. The number of nitrogens with zero attached hydrogens (tertiary/aromatic N) is 1. The molecule has 0 aliphatic rings. The number of fused-ring (bicyclic) bond motifs is 1. The summed E-state index contributed by atoms with van der Waals surface area (Å²) in [5.74, 6) is -0.606. The van der Waals surface area contributed by atoms with Crippen LogP contribution in [0.15, 0.2) is 48.8 Å². The molecule has 1 aromatic heterocycles. The summed E-state index contributed by atoms with van der Waals surface area (Å²) in [6.45, 7) is 0. The van der Waals surface area contributed by atoms with Crippen molar-refractivity contribution in [3.63, 3.8) is 0 Å². The van der Waals surface area contributed by atoms with E-state index in [0.29, 0.717) is 16.8 Å². The summed E-state index contributed by atoms with van der Waals surface area (Å²) in [6.07, 6.45) is 1.60. The highest BCUT2D eigenvalue weighted by Gasteiger charge is 2.09. The SMILES string of the molecule is O=C(NNC=S)c1ccc(C(=O)Nc2ccc3nc[nH]c3c2)cc1. The van der Waals surface area contributed by atoms with Crippen LogP contribution in [-0.4, -0.2) is 27.3 Å². The second-order valence-corrected chi connectivity index (χ2v) is 5.12. The van der Waals surface area contributed by atoms with Crippen molar-refractivity contribution in [3.05, 3.63) is 59.9 Å². The zero-order valence-electron chi connectivity index (χ0n) is 12.4. The maximum atomic E-state index is 12.3. The van der Waals surface area contributed by atoms with Gasteiger partial charge in [-0.05, 0) is 42.5 Å². The number of amides is 2.